The zero-order chi connectivity index (χ0) is 13.2. The van der Waals surface area contributed by atoms with Gasteiger partial charge in [0.15, 0.2) is 0 Å². The molecule has 0 radical (unpaired) electrons. The largest absolute Gasteiger partial charge is 0.271 e. The molecule has 0 fully saturated rings. The lowest BCUT2D eigenvalue weighted by molar-refractivity contribution is 0.606. The summed E-state index contributed by atoms with van der Waals surface area (Å²) in [5.74, 6) is 5.71. The van der Waals surface area contributed by atoms with Gasteiger partial charge in [-0.2, -0.15) is 5.10 Å². The van der Waals surface area contributed by atoms with Crippen molar-refractivity contribution in [2.45, 2.75) is 6.04 Å². The summed E-state index contributed by atoms with van der Waals surface area (Å²) >= 11 is 0. The van der Waals surface area contributed by atoms with Crippen molar-refractivity contribution in [2.24, 2.45) is 12.9 Å². The number of nitrogens with two attached hydrogens (primary N) is 1. The number of hydrogen-bond donors (Lipinski definition) is 2. The van der Waals surface area contributed by atoms with Gasteiger partial charge in [0.2, 0.25) is 0 Å². The number of hydrogen-bond acceptors (Lipinski definition) is 4. The Bertz CT molecular complexity index is 689. The van der Waals surface area contributed by atoms with Gasteiger partial charge < -0.3 is 0 Å². The Labute approximate surface area is 111 Å². The summed E-state index contributed by atoms with van der Waals surface area (Å²) in [6.07, 6.45) is 3.54. The van der Waals surface area contributed by atoms with Crippen LogP contribution in [0.3, 0.4) is 0 Å². The molecule has 2 aromatic heterocycles. The van der Waals surface area contributed by atoms with Gasteiger partial charge in [-0.15, -0.1) is 0 Å². The van der Waals surface area contributed by atoms with E-state index in [1.165, 1.54) is 0 Å². The number of nitrogens with zero attached hydrogens (tertiary/aromatic N) is 3. The first-order chi connectivity index (χ1) is 9.31. The van der Waals surface area contributed by atoms with E-state index in [9.17, 15) is 0 Å². The zero-order valence-corrected chi connectivity index (χ0v) is 10.6. The topological polar surface area (TPSA) is 68.8 Å². The highest BCUT2D eigenvalue weighted by Crippen LogP contribution is 2.26. The molecular formula is C14H15N5. The Balaban J connectivity index is 2.17. The van der Waals surface area contributed by atoms with Crippen LogP contribution < -0.4 is 11.3 Å². The summed E-state index contributed by atoms with van der Waals surface area (Å²) in [5, 5.41) is 5.68. The number of aryl methyl sites for hydroxylation is 1. The third-order valence-corrected chi connectivity index (χ3v) is 3.24. The van der Waals surface area contributed by atoms with E-state index in [0.29, 0.717) is 0 Å². The van der Waals surface area contributed by atoms with E-state index in [0.717, 1.165) is 22.2 Å². The third-order valence-electron chi connectivity index (χ3n) is 3.24. The summed E-state index contributed by atoms with van der Waals surface area (Å²) in [4.78, 5) is 4.14. The van der Waals surface area contributed by atoms with Crippen LogP contribution in [-0.2, 0) is 7.05 Å². The summed E-state index contributed by atoms with van der Waals surface area (Å²) < 4.78 is 1.87. The molecule has 0 amide bonds. The van der Waals surface area contributed by atoms with Gasteiger partial charge in [0.1, 0.15) is 0 Å². The van der Waals surface area contributed by atoms with Gasteiger partial charge in [-0.05, 0) is 17.7 Å². The molecule has 0 aliphatic heterocycles. The lowest BCUT2D eigenvalue weighted by Gasteiger charge is -2.13. The number of pyridine rings is 1. The van der Waals surface area contributed by atoms with Crippen molar-refractivity contribution in [3.05, 3.63) is 60.0 Å². The predicted octanol–water partition coefficient (Wildman–Crippen LogP) is 1.52. The highest BCUT2D eigenvalue weighted by atomic mass is 15.3. The van der Waals surface area contributed by atoms with Crippen LogP contribution in [0.1, 0.15) is 17.3 Å². The van der Waals surface area contributed by atoms with E-state index >= 15 is 0 Å². The SMILES string of the molecule is Cn1nc(C(NN)c2cccnc2)c2ccccc21. The van der Waals surface area contributed by atoms with E-state index in [1.807, 2.05) is 42.1 Å². The molecular weight excluding hydrogens is 238 g/mol. The average molecular weight is 253 g/mol. The fourth-order valence-corrected chi connectivity index (χ4v) is 2.33. The number of rotatable bonds is 3. The number of nitrogens with one attached hydrogen (secondary N) is 1. The molecule has 0 spiro atoms. The first-order valence-electron chi connectivity index (χ1n) is 6.09. The first kappa shape index (κ1) is 11.8. The van der Waals surface area contributed by atoms with Crippen LogP contribution in [0.4, 0.5) is 0 Å². The van der Waals surface area contributed by atoms with Crippen LogP contribution in [-0.4, -0.2) is 14.8 Å². The van der Waals surface area contributed by atoms with Crippen molar-refractivity contribution < 1.29 is 0 Å². The Morgan fingerprint density at radius 2 is 2.05 bits per heavy atom. The number of benzene rings is 1. The van der Waals surface area contributed by atoms with Gasteiger partial charge in [0.25, 0.3) is 0 Å². The standard InChI is InChI=1S/C14H15N5/c1-19-12-7-3-2-6-11(12)14(18-19)13(17-15)10-5-4-8-16-9-10/h2-9,13,17H,15H2,1H3. The molecule has 5 heteroatoms. The van der Waals surface area contributed by atoms with Gasteiger partial charge in [-0.1, -0.05) is 24.3 Å². The minimum Gasteiger partial charge on any atom is -0.271 e. The second kappa shape index (κ2) is 4.79. The van der Waals surface area contributed by atoms with Crippen LogP contribution in [0.2, 0.25) is 0 Å². The molecule has 1 unspecified atom stereocenters. The molecule has 0 saturated carbocycles. The van der Waals surface area contributed by atoms with Crippen molar-refractivity contribution in [1.29, 1.82) is 0 Å². The maximum Gasteiger partial charge on any atom is 0.0931 e. The minimum atomic E-state index is -0.167. The summed E-state index contributed by atoms with van der Waals surface area (Å²) in [5.41, 5.74) is 5.81. The zero-order valence-electron chi connectivity index (χ0n) is 10.6. The molecule has 0 aliphatic carbocycles. The molecule has 3 rings (SSSR count). The van der Waals surface area contributed by atoms with Crippen LogP contribution in [0.15, 0.2) is 48.8 Å². The second-order valence-electron chi connectivity index (χ2n) is 4.41. The van der Waals surface area contributed by atoms with Crippen molar-refractivity contribution in [3.63, 3.8) is 0 Å². The lowest BCUT2D eigenvalue weighted by Crippen LogP contribution is -2.29. The predicted molar refractivity (Wildman–Crippen MR) is 74.1 cm³/mol. The molecule has 96 valence electrons. The van der Waals surface area contributed by atoms with E-state index in [1.54, 1.807) is 12.4 Å². The maximum atomic E-state index is 5.71. The van der Waals surface area contributed by atoms with Crippen molar-refractivity contribution in [3.8, 4) is 0 Å². The molecule has 3 N–H and O–H groups in total. The van der Waals surface area contributed by atoms with Crippen LogP contribution in [0.25, 0.3) is 10.9 Å². The van der Waals surface area contributed by atoms with Crippen molar-refractivity contribution >= 4 is 10.9 Å². The Morgan fingerprint density at radius 3 is 2.79 bits per heavy atom. The van der Waals surface area contributed by atoms with Gasteiger partial charge >= 0.3 is 0 Å². The fraction of sp³-hybridized carbons (Fsp3) is 0.143. The van der Waals surface area contributed by atoms with Gasteiger partial charge in [-0.25, -0.2) is 5.43 Å². The summed E-state index contributed by atoms with van der Waals surface area (Å²) in [6, 6.07) is 11.8. The Kier molecular flexibility index (Phi) is 2.98. The van der Waals surface area contributed by atoms with Crippen molar-refractivity contribution in [1.82, 2.24) is 20.2 Å². The first-order valence-corrected chi connectivity index (χ1v) is 6.09. The number of hydrazine groups is 1. The van der Waals surface area contributed by atoms with Crippen LogP contribution >= 0.6 is 0 Å². The molecule has 1 atom stereocenters. The molecule has 0 bridgehead atoms. The number of para-hydroxylation sites is 1. The van der Waals surface area contributed by atoms with Crippen molar-refractivity contribution in [2.75, 3.05) is 0 Å². The average Bonchev–Trinajstić information content (AvgIpc) is 2.79. The maximum absolute atomic E-state index is 5.71. The normalized spacial score (nSPS) is 12.7. The number of fused-ring (bicyclic) bond motifs is 1. The fourth-order valence-electron chi connectivity index (χ4n) is 2.33. The molecule has 19 heavy (non-hydrogen) atoms. The molecule has 1 aromatic carbocycles. The smallest absolute Gasteiger partial charge is 0.0931 e. The van der Waals surface area contributed by atoms with E-state index < -0.39 is 0 Å². The highest BCUT2D eigenvalue weighted by molar-refractivity contribution is 5.82. The molecule has 2 heterocycles. The summed E-state index contributed by atoms with van der Waals surface area (Å²) in [6.45, 7) is 0. The van der Waals surface area contributed by atoms with Gasteiger partial charge in [-0.3, -0.25) is 15.5 Å². The van der Waals surface area contributed by atoms with Crippen LogP contribution in [0.5, 0.6) is 0 Å². The quantitative estimate of drug-likeness (QED) is 0.548. The lowest BCUT2D eigenvalue weighted by atomic mass is 10.0. The molecule has 0 saturated heterocycles. The molecule has 0 aliphatic rings. The Hall–Kier alpha value is -2.24. The van der Waals surface area contributed by atoms with E-state index in [4.69, 9.17) is 5.84 Å². The minimum absolute atomic E-state index is 0.167. The third kappa shape index (κ3) is 1.99. The van der Waals surface area contributed by atoms with Gasteiger partial charge in [0, 0.05) is 24.8 Å². The molecule has 5 nitrogen and oxygen atoms in total. The highest BCUT2D eigenvalue weighted by Gasteiger charge is 2.19. The number of aromatic nitrogens is 3. The summed E-state index contributed by atoms with van der Waals surface area (Å²) in [7, 11) is 1.93. The van der Waals surface area contributed by atoms with Gasteiger partial charge in [0.05, 0.1) is 17.3 Å². The van der Waals surface area contributed by atoms with E-state index in [-0.39, 0.29) is 6.04 Å². The second-order valence-corrected chi connectivity index (χ2v) is 4.41. The van der Waals surface area contributed by atoms with Crippen LogP contribution in [0, 0.1) is 0 Å². The molecule has 3 aromatic rings. The van der Waals surface area contributed by atoms with E-state index in [2.05, 4.69) is 21.6 Å². The monoisotopic (exact) mass is 253 g/mol. The Morgan fingerprint density at radius 1 is 1.21 bits per heavy atom.